The van der Waals surface area contributed by atoms with E-state index in [0.29, 0.717) is 22.4 Å². The standard InChI is InChI=1S/C18H15FN2O2S/c1-20-17(22)9-11-5-7-12(8-6-11)21-18(23)16-10-13-14(19)3-2-4-15(13)24-16/h2-8,10H,9H2,1H3,(H,20,22)(H,21,23). The number of nitrogens with one attached hydrogen (secondary N) is 2. The van der Waals surface area contributed by atoms with E-state index in [4.69, 9.17) is 0 Å². The van der Waals surface area contributed by atoms with Gasteiger partial charge in [0.05, 0.1) is 11.3 Å². The highest BCUT2D eigenvalue weighted by Gasteiger charge is 2.12. The van der Waals surface area contributed by atoms with E-state index in [-0.39, 0.29) is 17.6 Å². The number of fused-ring (bicyclic) bond motifs is 1. The van der Waals surface area contributed by atoms with Gasteiger partial charge in [-0.1, -0.05) is 18.2 Å². The minimum absolute atomic E-state index is 0.0703. The molecule has 2 N–H and O–H groups in total. The summed E-state index contributed by atoms with van der Waals surface area (Å²) in [5, 5.41) is 5.80. The molecular formula is C18H15FN2O2S. The Hall–Kier alpha value is -2.73. The van der Waals surface area contributed by atoms with Crippen LogP contribution in [0.5, 0.6) is 0 Å². The van der Waals surface area contributed by atoms with Crippen LogP contribution in [0.25, 0.3) is 10.1 Å². The molecule has 122 valence electrons. The van der Waals surface area contributed by atoms with Gasteiger partial charge in [-0.3, -0.25) is 9.59 Å². The second-order valence-corrected chi connectivity index (χ2v) is 6.35. The Morgan fingerprint density at radius 3 is 2.54 bits per heavy atom. The highest BCUT2D eigenvalue weighted by atomic mass is 32.1. The average Bonchev–Trinajstić information content (AvgIpc) is 3.02. The van der Waals surface area contributed by atoms with E-state index in [1.807, 2.05) is 0 Å². The third kappa shape index (κ3) is 3.44. The van der Waals surface area contributed by atoms with Crippen molar-refractivity contribution in [1.82, 2.24) is 5.32 Å². The van der Waals surface area contributed by atoms with Crippen molar-refractivity contribution in [1.29, 1.82) is 0 Å². The Morgan fingerprint density at radius 1 is 1.12 bits per heavy atom. The van der Waals surface area contributed by atoms with Gasteiger partial charge < -0.3 is 10.6 Å². The van der Waals surface area contributed by atoms with Crippen molar-refractivity contribution in [2.45, 2.75) is 6.42 Å². The summed E-state index contributed by atoms with van der Waals surface area (Å²) in [5.74, 6) is -0.685. The summed E-state index contributed by atoms with van der Waals surface area (Å²) in [5.41, 5.74) is 1.48. The summed E-state index contributed by atoms with van der Waals surface area (Å²) in [6.07, 6.45) is 0.292. The molecule has 2 aromatic carbocycles. The molecular weight excluding hydrogens is 327 g/mol. The van der Waals surface area contributed by atoms with Gasteiger partial charge in [0.25, 0.3) is 5.91 Å². The molecule has 4 nitrogen and oxygen atoms in total. The highest BCUT2D eigenvalue weighted by molar-refractivity contribution is 7.20. The Bertz CT molecular complexity index is 903. The molecule has 0 aliphatic heterocycles. The fourth-order valence-corrected chi connectivity index (χ4v) is 3.28. The van der Waals surface area contributed by atoms with Gasteiger partial charge in [0.1, 0.15) is 5.82 Å². The number of hydrogen-bond donors (Lipinski definition) is 2. The normalized spacial score (nSPS) is 10.6. The van der Waals surface area contributed by atoms with Crippen LogP contribution in [0, 0.1) is 5.82 Å². The molecule has 3 rings (SSSR count). The molecule has 24 heavy (non-hydrogen) atoms. The Labute approximate surface area is 142 Å². The number of carbonyl (C=O) groups excluding carboxylic acids is 2. The molecule has 0 saturated carbocycles. The van der Waals surface area contributed by atoms with Gasteiger partial charge in [-0.25, -0.2) is 4.39 Å². The molecule has 0 unspecified atom stereocenters. The van der Waals surface area contributed by atoms with Gasteiger partial charge in [-0.2, -0.15) is 0 Å². The fraction of sp³-hybridized carbons (Fsp3) is 0.111. The molecule has 0 bridgehead atoms. The van der Waals surface area contributed by atoms with E-state index >= 15 is 0 Å². The second-order valence-electron chi connectivity index (χ2n) is 5.26. The van der Waals surface area contributed by atoms with E-state index in [0.717, 1.165) is 10.3 Å². The highest BCUT2D eigenvalue weighted by Crippen LogP contribution is 2.28. The van der Waals surface area contributed by atoms with Crippen molar-refractivity contribution < 1.29 is 14.0 Å². The molecule has 3 aromatic rings. The average molecular weight is 342 g/mol. The van der Waals surface area contributed by atoms with Crippen molar-refractivity contribution in [3.8, 4) is 0 Å². The monoisotopic (exact) mass is 342 g/mol. The van der Waals surface area contributed by atoms with E-state index in [9.17, 15) is 14.0 Å². The maximum absolute atomic E-state index is 13.7. The summed E-state index contributed by atoms with van der Waals surface area (Å²) in [6.45, 7) is 0. The van der Waals surface area contributed by atoms with Crippen LogP contribution in [0.3, 0.4) is 0 Å². The number of benzene rings is 2. The van der Waals surface area contributed by atoms with Crippen LogP contribution in [0.1, 0.15) is 15.2 Å². The van der Waals surface area contributed by atoms with Crippen molar-refractivity contribution in [3.63, 3.8) is 0 Å². The first-order valence-electron chi connectivity index (χ1n) is 7.36. The Balaban J connectivity index is 1.74. The maximum Gasteiger partial charge on any atom is 0.265 e. The van der Waals surface area contributed by atoms with E-state index in [2.05, 4.69) is 10.6 Å². The maximum atomic E-state index is 13.7. The molecule has 0 fully saturated rings. The number of hydrogen-bond acceptors (Lipinski definition) is 3. The Kier molecular flexibility index (Phi) is 4.57. The number of rotatable bonds is 4. The second kappa shape index (κ2) is 6.80. The summed E-state index contributed by atoms with van der Waals surface area (Å²) in [4.78, 5) is 24.1. The molecule has 1 heterocycles. The van der Waals surface area contributed by atoms with Crippen molar-refractivity contribution in [2.75, 3.05) is 12.4 Å². The molecule has 2 amide bonds. The third-order valence-corrected chi connectivity index (χ3v) is 4.69. The zero-order valence-electron chi connectivity index (χ0n) is 12.9. The van der Waals surface area contributed by atoms with Crippen molar-refractivity contribution in [3.05, 3.63) is 64.8 Å². The zero-order chi connectivity index (χ0) is 17.1. The van der Waals surface area contributed by atoms with Crippen LogP contribution in [0.15, 0.2) is 48.5 Å². The molecule has 0 aliphatic carbocycles. The van der Waals surface area contributed by atoms with Gasteiger partial charge in [-0.05, 0) is 35.9 Å². The first-order valence-corrected chi connectivity index (χ1v) is 8.17. The van der Waals surface area contributed by atoms with Crippen LogP contribution in [0.4, 0.5) is 10.1 Å². The molecule has 0 spiro atoms. The lowest BCUT2D eigenvalue weighted by Crippen LogP contribution is -2.19. The lowest BCUT2D eigenvalue weighted by atomic mass is 10.1. The molecule has 1 aromatic heterocycles. The number of likely N-dealkylation sites (N-methyl/N-ethyl adjacent to an activating group) is 1. The van der Waals surface area contributed by atoms with E-state index < -0.39 is 0 Å². The third-order valence-electron chi connectivity index (χ3n) is 3.59. The number of carbonyl (C=O) groups is 2. The summed E-state index contributed by atoms with van der Waals surface area (Å²) >= 11 is 1.25. The SMILES string of the molecule is CNC(=O)Cc1ccc(NC(=O)c2cc3c(F)cccc3s2)cc1. The Morgan fingerprint density at radius 2 is 1.88 bits per heavy atom. The molecule has 0 saturated heterocycles. The quantitative estimate of drug-likeness (QED) is 0.761. The molecule has 6 heteroatoms. The van der Waals surface area contributed by atoms with Gasteiger partial charge in [0.15, 0.2) is 0 Å². The van der Waals surface area contributed by atoms with Gasteiger partial charge >= 0.3 is 0 Å². The first kappa shape index (κ1) is 16.1. The summed E-state index contributed by atoms with van der Waals surface area (Å²) in [7, 11) is 1.59. The van der Waals surface area contributed by atoms with Crippen LogP contribution in [0.2, 0.25) is 0 Å². The predicted molar refractivity (Wildman–Crippen MR) is 93.9 cm³/mol. The molecule has 0 atom stereocenters. The van der Waals surface area contributed by atoms with Gasteiger partial charge in [-0.15, -0.1) is 11.3 Å². The largest absolute Gasteiger partial charge is 0.359 e. The number of amides is 2. The van der Waals surface area contributed by atoms with Crippen LogP contribution < -0.4 is 10.6 Å². The first-order chi connectivity index (χ1) is 11.6. The lowest BCUT2D eigenvalue weighted by molar-refractivity contribution is -0.119. The minimum atomic E-state index is -0.332. The molecule has 0 radical (unpaired) electrons. The summed E-state index contributed by atoms with van der Waals surface area (Å²) < 4.78 is 14.4. The summed E-state index contributed by atoms with van der Waals surface area (Å²) in [6, 6.07) is 13.4. The molecule has 0 aliphatic rings. The van der Waals surface area contributed by atoms with Crippen LogP contribution in [-0.4, -0.2) is 18.9 Å². The van der Waals surface area contributed by atoms with E-state index in [1.54, 1.807) is 49.5 Å². The van der Waals surface area contributed by atoms with Crippen LogP contribution in [-0.2, 0) is 11.2 Å². The zero-order valence-corrected chi connectivity index (χ0v) is 13.7. The topological polar surface area (TPSA) is 58.2 Å². The van der Waals surface area contributed by atoms with E-state index in [1.165, 1.54) is 17.4 Å². The number of halogens is 1. The lowest BCUT2D eigenvalue weighted by Gasteiger charge is -2.05. The van der Waals surface area contributed by atoms with Crippen molar-refractivity contribution >= 4 is 38.9 Å². The number of thiophene rings is 1. The smallest absolute Gasteiger partial charge is 0.265 e. The number of anilines is 1. The van der Waals surface area contributed by atoms with Gasteiger partial charge in [0, 0.05) is 22.8 Å². The minimum Gasteiger partial charge on any atom is -0.359 e. The van der Waals surface area contributed by atoms with Gasteiger partial charge in [0.2, 0.25) is 5.91 Å². The fourth-order valence-electron chi connectivity index (χ4n) is 2.31. The van der Waals surface area contributed by atoms with Crippen LogP contribution >= 0.6 is 11.3 Å². The predicted octanol–water partition coefficient (Wildman–Crippen LogP) is 3.58. The van der Waals surface area contributed by atoms with Crippen molar-refractivity contribution in [2.24, 2.45) is 0 Å².